The van der Waals surface area contributed by atoms with Crippen LogP contribution in [0.25, 0.3) is 0 Å². The van der Waals surface area contributed by atoms with Crippen molar-refractivity contribution in [2.24, 2.45) is 0 Å². The fourth-order valence-electron chi connectivity index (χ4n) is 5.31. The predicted octanol–water partition coefficient (Wildman–Crippen LogP) is 5.36. The van der Waals surface area contributed by atoms with E-state index in [1.165, 1.54) is 43.2 Å². The molecule has 1 aromatic carbocycles. The molecule has 0 unspecified atom stereocenters. The summed E-state index contributed by atoms with van der Waals surface area (Å²) < 4.78 is 11.4. The first-order chi connectivity index (χ1) is 17.4. The summed E-state index contributed by atoms with van der Waals surface area (Å²) in [6, 6.07) is 13.4. The summed E-state index contributed by atoms with van der Waals surface area (Å²) >= 11 is 0. The number of hydrogen-bond acceptors (Lipinski definition) is 5. The predicted molar refractivity (Wildman–Crippen MR) is 144 cm³/mol. The molecule has 2 aliphatic rings. The topological polar surface area (TPSA) is 58.0 Å². The van der Waals surface area contributed by atoms with Crippen LogP contribution in [0.1, 0.15) is 86.7 Å². The average Bonchev–Trinajstić information content (AvgIpc) is 3.36. The van der Waals surface area contributed by atoms with E-state index in [2.05, 4.69) is 60.2 Å². The van der Waals surface area contributed by atoms with Gasteiger partial charge < -0.3 is 14.5 Å². The van der Waals surface area contributed by atoms with Crippen LogP contribution in [0, 0.1) is 0 Å². The Hall–Kier alpha value is -2.15. The normalized spacial score (nSPS) is 18.0. The van der Waals surface area contributed by atoms with Crippen molar-refractivity contribution in [3.8, 4) is 0 Å². The highest BCUT2D eigenvalue weighted by Gasteiger charge is 2.23. The molecule has 2 fully saturated rings. The molecule has 198 valence electrons. The van der Waals surface area contributed by atoms with E-state index in [-0.39, 0.29) is 11.3 Å². The van der Waals surface area contributed by atoms with E-state index in [4.69, 9.17) is 9.15 Å². The third-order valence-electron chi connectivity index (χ3n) is 7.58. The van der Waals surface area contributed by atoms with Gasteiger partial charge >= 0.3 is 0 Å². The van der Waals surface area contributed by atoms with Crippen LogP contribution in [0.5, 0.6) is 0 Å². The van der Waals surface area contributed by atoms with E-state index in [0.717, 1.165) is 58.1 Å². The number of nitrogens with one attached hydrogen (secondary N) is 1. The fourth-order valence-corrected chi connectivity index (χ4v) is 5.31. The van der Waals surface area contributed by atoms with E-state index >= 15 is 0 Å². The maximum Gasteiger partial charge on any atom is 0.286 e. The Morgan fingerprint density at radius 1 is 1.00 bits per heavy atom. The van der Waals surface area contributed by atoms with E-state index in [1.807, 2.05) is 12.1 Å². The van der Waals surface area contributed by atoms with Crippen molar-refractivity contribution in [2.75, 3.05) is 39.4 Å². The quantitative estimate of drug-likeness (QED) is 0.450. The van der Waals surface area contributed by atoms with Crippen LogP contribution in [0.3, 0.4) is 0 Å². The molecular formula is C30H45N3O3. The average molecular weight is 496 g/mol. The van der Waals surface area contributed by atoms with Crippen LogP contribution < -0.4 is 5.32 Å². The van der Waals surface area contributed by atoms with Gasteiger partial charge in [-0.3, -0.25) is 14.6 Å². The number of carbonyl (C=O) groups is 1. The van der Waals surface area contributed by atoms with Gasteiger partial charge in [-0.2, -0.15) is 0 Å². The first-order valence-electron chi connectivity index (χ1n) is 13.9. The second kappa shape index (κ2) is 12.9. The van der Waals surface area contributed by atoms with E-state index < -0.39 is 0 Å². The Morgan fingerprint density at radius 3 is 2.42 bits per heavy atom. The SMILES string of the molecule is CC(C)(C)c1ccc(CN(Cc2ccc(C(=O)NCCCN3CCOCC3)o2)C2CCCCC2)cc1. The lowest BCUT2D eigenvalue weighted by molar-refractivity contribution is 0.0374. The van der Waals surface area contributed by atoms with Crippen molar-refractivity contribution < 1.29 is 13.9 Å². The van der Waals surface area contributed by atoms with Gasteiger partial charge in [0.05, 0.1) is 19.8 Å². The molecule has 0 atom stereocenters. The molecular weight excluding hydrogens is 450 g/mol. The molecule has 1 saturated heterocycles. The third kappa shape index (κ3) is 7.92. The van der Waals surface area contributed by atoms with Crippen LogP contribution in [0.4, 0.5) is 0 Å². The molecule has 36 heavy (non-hydrogen) atoms. The van der Waals surface area contributed by atoms with Gasteiger partial charge in [-0.25, -0.2) is 0 Å². The van der Waals surface area contributed by atoms with E-state index in [9.17, 15) is 4.79 Å². The number of ether oxygens (including phenoxy) is 1. The number of hydrogen-bond donors (Lipinski definition) is 1. The minimum Gasteiger partial charge on any atom is -0.455 e. The van der Waals surface area contributed by atoms with Gasteiger partial charge in [0.2, 0.25) is 0 Å². The van der Waals surface area contributed by atoms with Gasteiger partial charge in [0.15, 0.2) is 5.76 Å². The Bertz CT molecular complexity index is 935. The smallest absolute Gasteiger partial charge is 0.286 e. The standard InChI is InChI=1S/C30H45N3O3/c1-30(2,3)25-12-10-24(11-13-25)22-33(26-8-5-4-6-9-26)23-27-14-15-28(36-27)29(34)31-16-7-17-32-18-20-35-21-19-32/h10-15,26H,4-9,16-23H2,1-3H3,(H,31,34). The lowest BCUT2D eigenvalue weighted by Gasteiger charge is -2.34. The molecule has 4 rings (SSSR count). The summed E-state index contributed by atoms with van der Waals surface area (Å²) in [6.07, 6.45) is 7.32. The van der Waals surface area contributed by atoms with Crippen LogP contribution in [0.15, 0.2) is 40.8 Å². The number of nitrogens with zero attached hydrogens (tertiary/aromatic N) is 2. The first kappa shape index (κ1) is 26.9. The van der Waals surface area contributed by atoms with Crippen molar-refractivity contribution in [1.29, 1.82) is 0 Å². The highest BCUT2D eigenvalue weighted by atomic mass is 16.5. The molecule has 1 aliphatic heterocycles. The van der Waals surface area contributed by atoms with Gasteiger partial charge in [0.25, 0.3) is 5.91 Å². The van der Waals surface area contributed by atoms with Gasteiger partial charge in [-0.05, 0) is 54.5 Å². The Labute approximate surface area is 217 Å². The molecule has 1 saturated carbocycles. The zero-order valence-electron chi connectivity index (χ0n) is 22.6. The van der Waals surface area contributed by atoms with Gasteiger partial charge in [-0.1, -0.05) is 64.3 Å². The third-order valence-corrected chi connectivity index (χ3v) is 7.58. The second-order valence-electron chi connectivity index (χ2n) is 11.5. The van der Waals surface area contributed by atoms with E-state index in [1.54, 1.807) is 0 Å². The number of furan rings is 1. The zero-order chi connectivity index (χ0) is 25.4. The van der Waals surface area contributed by atoms with Crippen molar-refractivity contribution in [3.05, 3.63) is 59.0 Å². The van der Waals surface area contributed by atoms with Crippen molar-refractivity contribution in [2.45, 2.75) is 83.8 Å². The number of carbonyl (C=O) groups excluding carboxylic acids is 1. The Balaban J connectivity index is 1.32. The number of morpholine rings is 1. The number of amides is 1. The summed E-state index contributed by atoms with van der Waals surface area (Å²) in [5, 5.41) is 3.02. The van der Waals surface area contributed by atoms with Crippen LogP contribution in [-0.4, -0.2) is 61.1 Å². The van der Waals surface area contributed by atoms with Crippen molar-refractivity contribution in [3.63, 3.8) is 0 Å². The highest BCUT2D eigenvalue weighted by Crippen LogP contribution is 2.27. The molecule has 6 heteroatoms. The second-order valence-corrected chi connectivity index (χ2v) is 11.5. The van der Waals surface area contributed by atoms with E-state index in [0.29, 0.717) is 18.3 Å². The maximum atomic E-state index is 12.6. The minimum absolute atomic E-state index is 0.120. The molecule has 2 heterocycles. The number of benzene rings is 1. The first-order valence-corrected chi connectivity index (χ1v) is 13.9. The highest BCUT2D eigenvalue weighted by molar-refractivity contribution is 5.91. The van der Waals surface area contributed by atoms with Gasteiger partial charge in [0, 0.05) is 32.2 Å². The largest absolute Gasteiger partial charge is 0.455 e. The van der Waals surface area contributed by atoms with Crippen molar-refractivity contribution >= 4 is 5.91 Å². The molecule has 2 aromatic rings. The van der Waals surface area contributed by atoms with Crippen molar-refractivity contribution in [1.82, 2.24) is 15.1 Å². The maximum absolute atomic E-state index is 12.6. The molecule has 1 aliphatic carbocycles. The molecule has 1 aromatic heterocycles. The molecule has 0 radical (unpaired) electrons. The molecule has 0 spiro atoms. The Morgan fingerprint density at radius 2 is 1.72 bits per heavy atom. The van der Waals surface area contributed by atoms with Crippen LogP contribution in [0.2, 0.25) is 0 Å². The molecule has 1 amide bonds. The summed E-state index contributed by atoms with van der Waals surface area (Å²) in [5.74, 6) is 1.16. The lowest BCUT2D eigenvalue weighted by Crippen LogP contribution is -2.38. The molecule has 6 nitrogen and oxygen atoms in total. The van der Waals surface area contributed by atoms with Crippen LogP contribution in [-0.2, 0) is 23.2 Å². The summed E-state index contributed by atoms with van der Waals surface area (Å²) in [7, 11) is 0. The van der Waals surface area contributed by atoms with Gasteiger partial charge in [-0.15, -0.1) is 0 Å². The summed E-state index contributed by atoms with van der Waals surface area (Å²) in [4.78, 5) is 17.6. The summed E-state index contributed by atoms with van der Waals surface area (Å²) in [5.41, 5.74) is 2.86. The molecule has 0 bridgehead atoms. The number of rotatable bonds is 10. The van der Waals surface area contributed by atoms with Crippen LogP contribution >= 0.6 is 0 Å². The monoisotopic (exact) mass is 495 g/mol. The van der Waals surface area contributed by atoms with Gasteiger partial charge in [0.1, 0.15) is 5.76 Å². The minimum atomic E-state index is -0.120. The zero-order valence-corrected chi connectivity index (χ0v) is 22.6. The molecule has 1 N–H and O–H groups in total. The fraction of sp³-hybridized carbons (Fsp3) is 0.633. The summed E-state index contributed by atoms with van der Waals surface area (Å²) in [6.45, 7) is 13.6. The Kier molecular flexibility index (Phi) is 9.63. The lowest BCUT2D eigenvalue weighted by atomic mass is 9.86.